The third-order valence-electron chi connectivity index (χ3n) is 3.31. The van der Waals surface area contributed by atoms with Crippen molar-refractivity contribution in [1.29, 1.82) is 0 Å². The zero-order valence-corrected chi connectivity index (χ0v) is 11.1. The van der Waals surface area contributed by atoms with Gasteiger partial charge in [-0.3, -0.25) is 4.99 Å². The lowest BCUT2D eigenvalue weighted by atomic mass is 9.85. The second-order valence-electron chi connectivity index (χ2n) is 6.14. The minimum atomic E-state index is 0.304. The van der Waals surface area contributed by atoms with Gasteiger partial charge in [-0.15, -0.1) is 0 Å². The number of hydrogen-bond donors (Lipinski definition) is 1. The fourth-order valence-corrected chi connectivity index (χ4v) is 2.83. The van der Waals surface area contributed by atoms with Gasteiger partial charge in [-0.05, 0) is 31.6 Å². The Labute approximate surface area is 97.3 Å². The minimum absolute atomic E-state index is 0.304. The lowest BCUT2D eigenvalue weighted by molar-refractivity contribution is 0.315. The van der Waals surface area contributed by atoms with Gasteiger partial charge in [-0.25, -0.2) is 0 Å². The molecule has 0 amide bonds. The molecule has 1 aliphatic carbocycles. The normalized spacial score (nSPS) is 29.6. The molecule has 15 heavy (non-hydrogen) atoms. The molecule has 0 aromatic rings. The highest BCUT2D eigenvalue weighted by Gasteiger charge is 2.39. The summed E-state index contributed by atoms with van der Waals surface area (Å²) in [5.74, 6) is 1.21. The van der Waals surface area contributed by atoms with Crippen molar-refractivity contribution in [2.45, 2.75) is 58.5 Å². The van der Waals surface area contributed by atoms with Crippen LogP contribution in [0.15, 0.2) is 4.99 Å². The summed E-state index contributed by atoms with van der Waals surface area (Å²) < 4.78 is 0. The Hall–Kier alpha value is -0.180. The summed E-state index contributed by atoms with van der Waals surface area (Å²) in [6, 6.07) is 0.489. The van der Waals surface area contributed by atoms with Crippen molar-refractivity contribution >= 4 is 16.9 Å². The van der Waals surface area contributed by atoms with Crippen LogP contribution in [0.5, 0.6) is 0 Å². The van der Waals surface area contributed by atoms with E-state index < -0.39 is 0 Å². The first-order valence-corrected chi connectivity index (χ1v) is 6.86. The van der Waals surface area contributed by atoms with Gasteiger partial charge < -0.3 is 5.32 Å². The largest absolute Gasteiger partial charge is 0.360 e. The molecule has 86 valence electrons. The summed E-state index contributed by atoms with van der Waals surface area (Å²) in [5.41, 5.74) is 0.671. The Balaban J connectivity index is 2.02. The van der Waals surface area contributed by atoms with Gasteiger partial charge in [0.1, 0.15) is 0 Å². The van der Waals surface area contributed by atoms with Crippen LogP contribution in [0.2, 0.25) is 0 Å². The van der Waals surface area contributed by atoms with Crippen molar-refractivity contribution in [2.24, 2.45) is 10.4 Å². The maximum Gasteiger partial charge on any atom is 0.157 e. The smallest absolute Gasteiger partial charge is 0.157 e. The molecule has 2 rings (SSSR count). The second-order valence-corrected chi connectivity index (χ2v) is 7.22. The Kier molecular flexibility index (Phi) is 2.78. The number of hydrogen-bond acceptors (Lipinski definition) is 3. The number of aliphatic imine (C=N–C) groups is 1. The number of nitrogens with zero attached hydrogens (tertiary/aromatic N) is 1. The molecule has 1 heterocycles. The third-order valence-corrected chi connectivity index (χ3v) is 4.23. The highest BCUT2D eigenvalue weighted by Crippen LogP contribution is 2.37. The summed E-state index contributed by atoms with van der Waals surface area (Å²) >= 11 is 1.89. The van der Waals surface area contributed by atoms with E-state index in [1.165, 1.54) is 30.2 Å². The summed E-state index contributed by atoms with van der Waals surface area (Å²) in [6.07, 6.45) is 3.82. The van der Waals surface area contributed by atoms with Crippen molar-refractivity contribution in [1.82, 2.24) is 5.32 Å². The first-order valence-electron chi connectivity index (χ1n) is 5.88. The molecule has 1 N–H and O–H groups in total. The Bertz CT molecular complexity index is 274. The van der Waals surface area contributed by atoms with Gasteiger partial charge in [0, 0.05) is 11.3 Å². The van der Waals surface area contributed by atoms with E-state index >= 15 is 0 Å². The molecule has 1 saturated carbocycles. The average molecular weight is 226 g/mol. The van der Waals surface area contributed by atoms with Crippen LogP contribution in [0.25, 0.3) is 0 Å². The van der Waals surface area contributed by atoms with Crippen LogP contribution in [0.1, 0.15) is 47.0 Å². The van der Waals surface area contributed by atoms with Crippen LogP contribution >= 0.6 is 11.8 Å². The lowest BCUT2D eigenvalue weighted by Crippen LogP contribution is -2.38. The number of rotatable bonds is 1. The number of amidine groups is 1. The summed E-state index contributed by atoms with van der Waals surface area (Å²) in [4.78, 5) is 4.85. The number of nitrogens with one attached hydrogen (secondary N) is 1. The van der Waals surface area contributed by atoms with E-state index in [0.717, 1.165) is 0 Å². The maximum atomic E-state index is 4.85. The SMILES string of the molecule is CC1(NC2=NC(C(C)(C)C)CCS2)CC1. The van der Waals surface area contributed by atoms with E-state index in [2.05, 4.69) is 33.0 Å². The summed E-state index contributed by atoms with van der Waals surface area (Å²) in [6.45, 7) is 9.14. The molecule has 1 fully saturated rings. The molecule has 0 radical (unpaired) electrons. The zero-order chi connectivity index (χ0) is 11.1. The van der Waals surface area contributed by atoms with Crippen LogP contribution in [-0.2, 0) is 0 Å². The monoisotopic (exact) mass is 226 g/mol. The maximum absolute atomic E-state index is 4.85. The van der Waals surface area contributed by atoms with E-state index in [1.807, 2.05) is 11.8 Å². The van der Waals surface area contributed by atoms with Gasteiger partial charge in [-0.1, -0.05) is 32.5 Å². The molecule has 1 unspecified atom stereocenters. The molecule has 2 aliphatic rings. The Morgan fingerprint density at radius 1 is 1.40 bits per heavy atom. The molecule has 0 aromatic carbocycles. The first kappa shape index (κ1) is 11.3. The number of thioether (sulfide) groups is 1. The summed E-state index contributed by atoms with van der Waals surface area (Å²) in [7, 11) is 0. The quantitative estimate of drug-likeness (QED) is 0.743. The van der Waals surface area contributed by atoms with Gasteiger partial charge in [0.05, 0.1) is 6.04 Å². The van der Waals surface area contributed by atoms with Crippen LogP contribution in [0, 0.1) is 5.41 Å². The van der Waals surface area contributed by atoms with E-state index in [9.17, 15) is 0 Å². The van der Waals surface area contributed by atoms with Gasteiger partial charge >= 0.3 is 0 Å². The fourth-order valence-electron chi connectivity index (χ4n) is 1.78. The van der Waals surface area contributed by atoms with E-state index in [0.29, 0.717) is 17.0 Å². The Morgan fingerprint density at radius 3 is 2.60 bits per heavy atom. The van der Waals surface area contributed by atoms with Crippen molar-refractivity contribution in [3.63, 3.8) is 0 Å². The molecule has 0 saturated heterocycles. The molecular weight excluding hydrogens is 204 g/mol. The van der Waals surface area contributed by atoms with Gasteiger partial charge in [0.15, 0.2) is 5.17 Å². The van der Waals surface area contributed by atoms with Crippen LogP contribution in [0.4, 0.5) is 0 Å². The second kappa shape index (κ2) is 3.69. The highest BCUT2D eigenvalue weighted by molar-refractivity contribution is 8.13. The molecule has 0 spiro atoms. The average Bonchev–Trinajstić information content (AvgIpc) is 2.82. The van der Waals surface area contributed by atoms with E-state index in [4.69, 9.17) is 4.99 Å². The van der Waals surface area contributed by atoms with Crippen LogP contribution in [0.3, 0.4) is 0 Å². The molecule has 1 atom stereocenters. The molecular formula is C12H22N2S. The van der Waals surface area contributed by atoms with Crippen molar-refractivity contribution in [3.8, 4) is 0 Å². The Morgan fingerprint density at radius 2 is 2.07 bits per heavy atom. The first-order chi connectivity index (χ1) is 6.89. The van der Waals surface area contributed by atoms with Gasteiger partial charge in [0.25, 0.3) is 0 Å². The standard InChI is InChI=1S/C12H22N2S/c1-11(2,3)9-5-8-15-10(13-9)14-12(4)6-7-12/h9H,5-8H2,1-4H3,(H,13,14). The van der Waals surface area contributed by atoms with E-state index in [-0.39, 0.29) is 0 Å². The van der Waals surface area contributed by atoms with E-state index in [1.54, 1.807) is 0 Å². The molecule has 1 aliphatic heterocycles. The highest BCUT2D eigenvalue weighted by atomic mass is 32.2. The molecule has 0 aromatic heterocycles. The molecule has 2 nitrogen and oxygen atoms in total. The van der Waals surface area contributed by atoms with Crippen LogP contribution < -0.4 is 5.32 Å². The van der Waals surface area contributed by atoms with Crippen LogP contribution in [-0.4, -0.2) is 22.5 Å². The fraction of sp³-hybridized carbons (Fsp3) is 0.917. The predicted molar refractivity (Wildman–Crippen MR) is 68.5 cm³/mol. The third kappa shape index (κ3) is 2.90. The van der Waals surface area contributed by atoms with Gasteiger partial charge in [-0.2, -0.15) is 0 Å². The topological polar surface area (TPSA) is 24.4 Å². The lowest BCUT2D eigenvalue weighted by Gasteiger charge is -2.31. The zero-order valence-electron chi connectivity index (χ0n) is 10.3. The van der Waals surface area contributed by atoms with Crippen molar-refractivity contribution < 1.29 is 0 Å². The minimum Gasteiger partial charge on any atom is -0.360 e. The summed E-state index contributed by atoms with van der Waals surface area (Å²) in [5, 5.41) is 4.77. The van der Waals surface area contributed by atoms with Crippen molar-refractivity contribution in [2.75, 3.05) is 5.75 Å². The molecule has 3 heteroatoms. The predicted octanol–water partition coefficient (Wildman–Crippen LogP) is 3.04. The van der Waals surface area contributed by atoms with Gasteiger partial charge in [0.2, 0.25) is 0 Å². The molecule has 0 bridgehead atoms. The van der Waals surface area contributed by atoms with Crippen molar-refractivity contribution in [3.05, 3.63) is 0 Å².